The third-order valence-electron chi connectivity index (χ3n) is 14.9. The molecule has 1 aliphatic rings. The van der Waals surface area contributed by atoms with E-state index in [2.05, 4.69) is 200 Å². The molecule has 7 heteroatoms. The van der Waals surface area contributed by atoms with E-state index >= 15 is 0 Å². The zero-order chi connectivity index (χ0) is 48.6. The molecule has 1 radical (unpaired) electrons. The molecule has 11 rings (SSSR count). The van der Waals surface area contributed by atoms with Crippen molar-refractivity contribution < 1.29 is 28.9 Å². The van der Waals surface area contributed by atoms with Gasteiger partial charge >= 0.3 is 0 Å². The smallest absolute Gasteiger partial charge is 0.120 e. The van der Waals surface area contributed by atoms with Crippen molar-refractivity contribution >= 4 is 46.2 Å². The SMILES string of the molecule is CC(C)c1cc(-c2ccc3c(c2)C(C)(C)C(C)(C)c2ccccc2-3)cc(C(C)C)c1-n1c(-c2[c-]ccc3c2oc2ccccc23)nc2ccccc21.C[Si](C)(C)c1ccc(-c2[c-]cc(F)cc2)nc1.[Ir]. The number of benzene rings is 7. The van der Waals surface area contributed by atoms with Gasteiger partial charge in [0.1, 0.15) is 5.58 Å². The molecule has 0 bridgehead atoms. The number of furan rings is 1. The third-order valence-corrected chi connectivity index (χ3v) is 16.9. The van der Waals surface area contributed by atoms with Gasteiger partial charge in [0, 0.05) is 43.2 Å². The molecule has 0 atom stereocenters. The molecule has 3 heterocycles. The van der Waals surface area contributed by atoms with Crippen LogP contribution in [0.25, 0.3) is 83.6 Å². The van der Waals surface area contributed by atoms with Crippen molar-refractivity contribution in [3.05, 3.63) is 192 Å². The monoisotopic (exact) mass is 1110 g/mol. The first kappa shape index (κ1) is 48.8. The third kappa shape index (κ3) is 8.40. The quantitative estimate of drug-likeness (QED) is 0.118. The van der Waals surface area contributed by atoms with E-state index in [0.29, 0.717) is 0 Å². The number of aromatic nitrogens is 3. The van der Waals surface area contributed by atoms with Crippen LogP contribution in [0.4, 0.5) is 4.39 Å². The van der Waals surface area contributed by atoms with Crippen LogP contribution in [-0.2, 0) is 30.9 Å². The molecule has 355 valence electrons. The Morgan fingerprint density at radius 1 is 0.657 bits per heavy atom. The van der Waals surface area contributed by atoms with Crippen molar-refractivity contribution in [1.82, 2.24) is 14.5 Å². The molecule has 3 aromatic heterocycles. The van der Waals surface area contributed by atoms with Gasteiger partial charge in [-0.05, 0) is 114 Å². The zero-order valence-corrected chi connectivity index (χ0v) is 45.4. The Kier molecular flexibility index (Phi) is 12.9. The fourth-order valence-electron chi connectivity index (χ4n) is 10.2. The summed E-state index contributed by atoms with van der Waals surface area (Å²) in [6.45, 7) is 25.7. The number of nitrogens with zero attached hydrogens (tertiary/aromatic N) is 3. The maximum Gasteiger partial charge on any atom is 0.120 e. The average molecular weight is 1110 g/mol. The van der Waals surface area contributed by atoms with Gasteiger partial charge in [-0.15, -0.1) is 48.0 Å². The van der Waals surface area contributed by atoms with Gasteiger partial charge in [-0.2, -0.15) is 0 Å². The Bertz CT molecular complexity index is 3530. The van der Waals surface area contributed by atoms with Crippen molar-refractivity contribution in [2.24, 2.45) is 0 Å². The van der Waals surface area contributed by atoms with Crippen LogP contribution in [0.1, 0.15) is 89.5 Å². The Labute approximate surface area is 427 Å². The largest absolute Gasteiger partial charge is 0.501 e. The molecule has 0 amide bonds. The Morgan fingerprint density at radius 2 is 1.33 bits per heavy atom. The maximum absolute atomic E-state index is 12.8. The Morgan fingerprint density at radius 3 is 2.01 bits per heavy atom. The minimum atomic E-state index is -1.30. The van der Waals surface area contributed by atoms with Gasteiger partial charge in [0.2, 0.25) is 0 Å². The van der Waals surface area contributed by atoms with E-state index < -0.39 is 8.07 Å². The topological polar surface area (TPSA) is 43.9 Å². The van der Waals surface area contributed by atoms with Crippen molar-refractivity contribution in [3.8, 4) is 50.6 Å². The van der Waals surface area contributed by atoms with E-state index in [1.54, 1.807) is 6.07 Å². The van der Waals surface area contributed by atoms with Crippen LogP contribution in [0.5, 0.6) is 0 Å². The molecule has 0 spiro atoms. The number of fused-ring (bicyclic) bond motifs is 7. The van der Waals surface area contributed by atoms with Gasteiger partial charge in [0.25, 0.3) is 0 Å². The van der Waals surface area contributed by atoms with Gasteiger partial charge in [0.05, 0.1) is 30.5 Å². The molecule has 0 aliphatic heterocycles. The number of pyridine rings is 1. The van der Waals surface area contributed by atoms with Gasteiger partial charge in [-0.3, -0.25) is 9.37 Å². The summed E-state index contributed by atoms with van der Waals surface area (Å²) >= 11 is 0. The van der Waals surface area contributed by atoms with Gasteiger partial charge in [-0.1, -0.05) is 165 Å². The van der Waals surface area contributed by atoms with E-state index in [1.165, 1.54) is 67.5 Å². The summed E-state index contributed by atoms with van der Waals surface area (Å²) in [7, 11) is -1.30. The van der Waals surface area contributed by atoms with Crippen LogP contribution in [-0.4, -0.2) is 22.6 Å². The molecule has 0 unspecified atom stereocenters. The van der Waals surface area contributed by atoms with E-state index in [4.69, 9.17) is 9.40 Å². The fraction of sp³-hybridized carbons (Fsp3) is 0.238. The fourth-order valence-corrected chi connectivity index (χ4v) is 11.3. The maximum atomic E-state index is 12.8. The van der Waals surface area contributed by atoms with Crippen molar-refractivity contribution in [3.63, 3.8) is 0 Å². The minimum Gasteiger partial charge on any atom is -0.501 e. The number of imidazole rings is 1. The number of hydrogen-bond donors (Lipinski definition) is 0. The van der Waals surface area contributed by atoms with E-state index in [9.17, 15) is 4.39 Å². The number of hydrogen-bond acceptors (Lipinski definition) is 3. The Hall–Kier alpha value is -6.24. The molecular formula is C63H60FIrN3OSi-2. The van der Waals surface area contributed by atoms with Gasteiger partial charge in [0.15, 0.2) is 0 Å². The summed E-state index contributed by atoms with van der Waals surface area (Å²) in [5, 5.41) is 3.50. The van der Waals surface area contributed by atoms with E-state index in [-0.39, 0.29) is 48.6 Å². The van der Waals surface area contributed by atoms with Crippen LogP contribution in [0.3, 0.4) is 0 Å². The molecule has 4 nitrogen and oxygen atoms in total. The Balaban J connectivity index is 0.000000286. The van der Waals surface area contributed by atoms with Crippen LogP contribution < -0.4 is 5.19 Å². The number of halogens is 1. The first-order chi connectivity index (χ1) is 32.9. The average Bonchev–Trinajstić information content (AvgIpc) is 3.92. The van der Waals surface area contributed by atoms with Crippen LogP contribution >= 0.6 is 0 Å². The molecule has 0 saturated carbocycles. The first-order valence-corrected chi connectivity index (χ1v) is 27.8. The minimum absolute atomic E-state index is 0. The summed E-state index contributed by atoms with van der Waals surface area (Å²) in [6, 6.07) is 56.9. The number of rotatable bonds is 7. The second kappa shape index (κ2) is 18.5. The normalized spacial score (nSPS) is 13.8. The molecule has 1 aliphatic carbocycles. The number of para-hydroxylation sites is 3. The molecule has 0 saturated heterocycles. The summed E-state index contributed by atoms with van der Waals surface area (Å²) in [5.74, 6) is 1.09. The predicted molar refractivity (Wildman–Crippen MR) is 289 cm³/mol. The van der Waals surface area contributed by atoms with Crippen LogP contribution in [0.15, 0.2) is 156 Å². The zero-order valence-electron chi connectivity index (χ0n) is 42.0. The van der Waals surface area contributed by atoms with Crippen molar-refractivity contribution in [2.75, 3.05) is 0 Å². The summed E-state index contributed by atoms with van der Waals surface area (Å²) in [6.07, 6.45) is 1.93. The molecule has 0 N–H and O–H groups in total. The van der Waals surface area contributed by atoms with E-state index in [1.807, 2.05) is 30.5 Å². The van der Waals surface area contributed by atoms with Gasteiger partial charge < -0.3 is 14.0 Å². The van der Waals surface area contributed by atoms with Crippen molar-refractivity contribution in [1.29, 1.82) is 0 Å². The first-order valence-electron chi connectivity index (χ1n) is 24.3. The summed E-state index contributed by atoms with van der Waals surface area (Å²) in [5.41, 5.74) is 18.0. The second-order valence-corrected chi connectivity index (χ2v) is 26.5. The van der Waals surface area contributed by atoms with Gasteiger partial charge in [-0.25, -0.2) is 0 Å². The summed E-state index contributed by atoms with van der Waals surface area (Å²) < 4.78 is 21.7. The summed E-state index contributed by atoms with van der Waals surface area (Å²) in [4.78, 5) is 9.76. The molecule has 70 heavy (non-hydrogen) atoms. The second-order valence-electron chi connectivity index (χ2n) is 21.4. The van der Waals surface area contributed by atoms with Crippen LogP contribution in [0.2, 0.25) is 19.6 Å². The molecule has 0 fully saturated rings. The van der Waals surface area contributed by atoms with Crippen molar-refractivity contribution in [2.45, 2.75) is 97.7 Å². The molecular weight excluding hydrogens is 1050 g/mol. The standard InChI is InChI=1S/C49H45N2O.C14H15FNSi.Ir/c1-29(2)38-26-32(31-24-25-34-33-16-9-11-20-40(33)48(5,6)49(7,8)41(34)28-31)27-39(30(3)4)45(38)51-43-22-13-12-21-42(43)50-47(51)37-19-15-18-36-35-17-10-14-23-44(35)52-46(36)37;1-17(2,3)13-8-9-14(16-10-13)11-4-6-12(15)7-5-11;/h9-18,20-30H,1-8H3;4,6-10H,1-3H3;/q2*-1;. The predicted octanol–water partition coefficient (Wildman–Crippen LogP) is 16.8. The molecule has 10 aromatic rings. The van der Waals surface area contributed by atoms with Crippen LogP contribution in [0, 0.1) is 17.9 Å². The van der Waals surface area contributed by atoms with E-state index in [0.717, 1.165) is 55.6 Å². The molecule has 7 aromatic carbocycles.